The number of hydrogen-bond acceptors (Lipinski definition) is 6. The summed E-state index contributed by atoms with van der Waals surface area (Å²) in [5, 5.41) is 7.17. The largest absolute Gasteiger partial charge is 0.493 e. The molecule has 1 heterocycles. The quantitative estimate of drug-likeness (QED) is 0.679. The maximum absolute atomic E-state index is 12.0. The number of nitrogens with zero attached hydrogens (tertiary/aromatic N) is 2. The number of carbonyl (C=O) groups excluding carboxylic acids is 1. The van der Waals surface area contributed by atoms with Crippen LogP contribution in [0.3, 0.4) is 0 Å². The van der Waals surface area contributed by atoms with E-state index in [1.54, 1.807) is 19.2 Å². The van der Waals surface area contributed by atoms with Gasteiger partial charge < -0.3 is 19.3 Å². The monoisotopic (exact) mass is 381 g/mol. The van der Waals surface area contributed by atoms with Crippen molar-refractivity contribution in [3.05, 3.63) is 34.4 Å². The van der Waals surface area contributed by atoms with Gasteiger partial charge in [0.15, 0.2) is 17.3 Å². The van der Waals surface area contributed by atoms with Gasteiger partial charge in [-0.15, -0.1) is 0 Å². The second-order valence-electron chi connectivity index (χ2n) is 5.67. The number of aromatic nitrogens is 2. The lowest BCUT2D eigenvalue weighted by Crippen LogP contribution is -2.23. The first-order chi connectivity index (χ1) is 12.6. The Hall–Kier alpha value is -2.28. The van der Waals surface area contributed by atoms with Gasteiger partial charge >= 0.3 is 0 Å². The van der Waals surface area contributed by atoms with E-state index in [1.165, 1.54) is 0 Å². The molecular weight excluding hydrogens is 358 g/mol. The molecule has 0 unspecified atom stereocenters. The Morgan fingerprint density at radius 3 is 2.81 bits per heavy atom. The third-order valence-corrected chi connectivity index (χ3v) is 3.90. The van der Waals surface area contributed by atoms with Gasteiger partial charge in [0, 0.05) is 25.8 Å². The molecule has 0 saturated carbocycles. The minimum atomic E-state index is -0.107. The molecule has 2 aromatic rings. The van der Waals surface area contributed by atoms with Gasteiger partial charge in [0.1, 0.15) is 0 Å². The summed E-state index contributed by atoms with van der Waals surface area (Å²) in [7, 11) is 1.55. The standard InChI is InChI=1S/C18H24ClN3O4/c1-4-6-15-21-17(26-22-15)8-7-16(23)20-11-12-9-13(19)18(25-5-2)14(10-12)24-3/h9-10H,4-8,11H2,1-3H3,(H,20,23). The summed E-state index contributed by atoms with van der Waals surface area (Å²) in [6.07, 6.45) is 2.41. The summed E-state index contributed by atoms with van der Waals surface area (Å²) >= 11 is 6.23. The molecule has 26 heavy (non-hydrogen) atoms. The highest BCUT2D eigenvalue weighted by Crippen LogP contribution is 2.36. The molecule has 2 rings (SSSR count). The number of halogens is 1. The van der Waals surface area contributed by atoms with Crippen LogP contribution in [0.1, 0.15) is 44.0 Å². The lowest BCUT2D eigenvalue weighted by atomic mass is 10.2. The number of rotatable bonds is 10. The Balaban J connectivity index is 1.87. The average molecular weight is 382 g/mol. The fraction of sp³-hybridized carbons (Fsp3) is 0.500. The Morgan fingerprint density at radius 1 is 1.31 bits per heavy atom. The summed E-state index contributed by atoms with van der Waals surface area (Å²) < 4.78 is 15.9. The van der Waals surface area contributed by atoms with E-state index < -0.39 is 0 Å². The zero-order valence-electron chi connectivity index (χ0n) is 15.3. The second kappa shape index (κ2) is 10.0. The molecule has 142 valence electrons. The topological polar surface area (TPSA) is 86.5 Å². The Morgan fingerprint density at radius 2 is 2.12 bits per heavy atom. The molecular formula is C18H24ClN3O4. The Labute approximate surface area is 158 Å². The predicted octanol–water partition coefficient (Wildman–Crippen LogP) is 3.33. The van der Waals surface area contributed by atoms with Crippen molar-refractivity contribution in [1.29, 1.82) is 0 Å². The van der Waals surface area contributed by atoms with Crippen LogP contribution in [0.5, 0.6) is 11.5 Å². The van der Waals surface area contributed by atoms with Crippen molar-refractivity contribution < 1.29 is 18.8 Å². The molecule has 0 bridgehead atoms. The van der Waals surface area contributed by atoms with E-state index in [0.29, 0.717) is 47.8 Å². The van der Waals surface area contributed by atoms with E-state index in [2.05, 4.69) is 15.5 Å². The highest BCUT2D eigenvalue weighted by molar-refractivity contribution is 6.32. The third-order valence-electron chi connectivity index (χ3n) is 3.62. The highest BCUT2D eigenvalue weighted by Gasteiger charge is 2.13. The van der Waals surface area contributed by atoms with Gasteiger partial charge in [-0.1, -0.05) is 23.7 Å². The van der Waals surface area contributed by atoms with E-state index >= 15 is 0 Å². The molecule has 1 aromatic carbocycles. The molecule has 0 aliphatic carbocycles. The number of ether oxygens (including phenoxy) is 2. The van der Waals surface area contributed by atoms with Crippen LogP contribution in [-0.4, -0.2) is 29.8 Å². The average Bonchev–Trinajstić information content (AvgIpc) is 3.08. The van der Waals surface area contributed by atoms with Gasteiger partial charge in [-0.2, -0.15) is 4.98 Å². The lowest BCUT2D eigenvalue weighted by Gasteiger charge is -2.13. The van der Waals surface area contributed by atoms with Crippen LogP contribution in [0.15, 0.2) is 16.7 Å². The summed E-state index contributed by atoms with van der Waals surface area (Å²) in [5.41, 5.74) is 0.826. The zero-order valence-corrected chi connectivity index (χ0v) is 16.1. The molecule has 0 aliphatic heterocycles. The third kappa shape index (κ3) is 5.62. The first kappa shape index (κ1) is 20.0. The van der Waals surface area contributed by atoms with Gasteiger partial charge in [0.25, 0.3) is 0 Å². The van der Waals surface area contributed by atoms with E-state index in [4.69, 9.17) is 25.6 Å². The van der Waals surface area contributed by atoms with E-state index in [1.807, 2.05) is 13.8 Å². The molecule has 0 saturated heterocycles. The normalized spacial score (nSPS) is 10.6. The molecule has 1 N–H and O–H groups in total. The van der Waals surface area contributed by atoms with E-state index in [-0.39, 0.29) is 12.3 Å². The molecule has 0 spiro atoms. The number of benzene rings is 1. The van der Waals surface area contributed by atoms with Crippen LogP contribution < -0.4 is 14.8 Å². The van der Waals surface area contributed by atoms with Crippen LogP contribution in [0.2, 0.25) is 5.02 Å². The van der Waals surface area contributed by atoms with Crippen molar-refractivity contribution in [2.45, 2.75) is 46.1 Å². The number of nitrogens with one attached hydrogen (secondary N) is 1. The van der Waals surface area contributed by atoms with Crippen LogP contribution in [0.4, 0.5) is 0 Å². The first-order valence-corrected chi connectivity index (χ1v) is 9.02. The van der Waals surface area contributed by atoms with Crippen LogP contribution in [0, 0.1) is 0 Å². The van der Waals surface area contributed by atoms with Crippen molar-refractivity contribution in [2.24, 2.45) is 0 Å². The molecule has 0 radical (unpaired) electrons. The summed E-state index contributed by atoms with van der Waals surface area (Å²) in [5.74, 6) is 2.10. The molecule has 0 atom stereocenters. The van der Waals surface area contributed by atoms with Crippen LogP contribution in [0.25, 0.3) is 0 Å². The maximum atomic E-state index is 12.0. The Kier molecular flexibility index (Phi) is 7.72. The van der Waals surface area contributed by atoms with Gasteiger partial charge in [0.05, 0.1) is 18.7 Å². The number of carbonyl (C=O) groups is 1. The first-order valence-electron chi connectivity index (χ1n) is 8.64. The fourth-order valence-electron chi connectivity index (χ4n) is 2.39. The lowest BCUT2D eigenvalue weighted by molar-refractivity contribution is -0.121. The van der Waals surface area contributed by atoms with Gasteiger partial charge in [-0.3, -0.25) is 4.79 Å². The molecule has 7 nitrogen and oxygen atoms in total. The molecule has 1 aromatic heterocycles. The van der Waals surface area contributed by atoms with Crippen LogP contribution >= 0.6 is 11.6 Å². The molecule has 8 heteroatoms. The minimum Gasteiger partial charge on any atom is -0.493 e. The van der Waals surface area contributed by atoms with Gasteiger partial charge in [-0.25, -0.2) is 0 Å². The zero-order chi connectivity index (χ0) is 18.9. The summed E-state index contributed by atoms with van der Waals surface area (Å²) in [6.45, 7) is 4.75. The summed E-state index contributed by atoms with van der Waals surface area (Å²) in [4.78, 5) is 16.3. The van der Waals surface area contributed by atoms with Crippen molar-refractivity contribution in [3.8, 4) is 11.5 Å². The molecule has 1 amide bonds. The maximum Gasteiger partial charge on any atom is 0.227 e. The molecule has 0 aliphatic rings. The molecule has 0 fully saturated rings. The van der Waals surface area contributed by atoms with Crippen molar-refractivity contribution in [1.82, 2.24) is 15.5 Å². The van der Waals surface area contributed by atoms with Crippen molar-refractivity contribution in [3.63, 3.8) is 0 Å². The van der Waals surface area contributed by atoms with Crippen molar-refractivity contribution >= 4 is 17.5 Å². The SMILES string of the molecule is CCCc1noc(CCC(=O)NCc2cc(Cl)c(OCC)c(OC)c2)n1. The summed E-state index contributed by atoms with van der Waals surface area (Å²) in [6, 6.07) is 3.55. The van der Waals surface area contributed by atoms with E-state index in [9.17, 15) is 4.79 Å². The minimum absolute atomic E-state index is 0.107. The van der Waals surface area contributed by atoms with Crippen LogP contribution in [-0.2, 0) is 24.2 Å². The van der Waals surface area contributed by atoms with Gasteiger partial charge in [-0.05, 0) is 31.0 Å². The Bertz CT molecular complexity index is 733. The predicted molar refractivity (Wildman–Crippen MR) is 97.6 cm³/mol. The number of amides is 1. The van der Waals surface area contributed by atoms with E-state index in [0.717, 1.165) is 18.4 Å². The van der Waals surface area contributed by atoms with Crippen molar-refractivity contribution in [2.75, 3.05) is 13.7 Å². The van der Waals surface area contributed by atoms with Gasteiger partial charge in [0.2, 0.25) is 11.8 Å². The number of methoxy groups -OCH3 is 1. The second-order valence-corrected chi connectivity index (χ2v) is 6.08. The number of aryl methyl sites for hydroxylation is 2. The fourth-order valence-corrected chi connectivity index (χ4v) is 2.67. The smallest absolute Gasteiger partial charge is 0.227 e. The highest BCUT2D eigenvalue weighted by atomic mass is 35.5. The number of hydrogen-bond donors (Lipinski definition) is 1.